The monoisotopic (exact) mass is 254 g/mol. The number of hydrogen-bond donors (Lipinski definition) is 0. The number of hydrogen-bond acceptors (Lipinski definition) is 4. The van der Waals surface area contributed by atoms with Crippen LogP contribution in [0.25, 0.3) is 0 Å². The molecule has 0 N–H and O–H groups in total. The Kier molecular flexibility index (Phi) is 5.20. The van der Waals surface area contributed by atoms with E-state index in [2.05, 4.69) is 12.2 Å². The van der Waals surface area contributed by atoms with Gasteiger partial charge in [0, 0.05) is 13.2 Å². The van der Waals surface area contributed by atoms with Gasteiger partial charge in [0.1, 0.15) is 0 Å². The molecule has 0 aromatic rings. The van der Waals surface area contributed by atoms with E-state index in [4.69, 9.17) is 14.2 Å². The van der Waals surface area contributed by atoms with Gasteiger partial charge in [-0.2, -0.15) is 0 Å². The maximum absolute atomic E-state index is 11.8. The van der Waals surface area contributed by atoms with Gasteiger partial charge in [0.2, 0.25) is 0 Å². The molecule has 2 rings (SSSR count). The summed E-state index contributed by atoms with van der Waals surface area (Å²) in [5.41, 5.74) is 0. The van der Waals surface area contributed by atoms with Crippen LogP contribution in [0.15, 0.2) is 12.2 Å². The molecule has 2 bridgehead atoms. The highest BCUT2D eigenvalue weighted by Crippen LogP contribution is 2.43. The van der Waals surface area contributed by atoms with Crippen LogP contribution in [-0.2, 0) is 19.0 Å². The van der Waals surface area contributed by atoms with Crippen LogP contribution in [0.1, 0.15) is 26.2 Å². The van der Waals surface area contributed by atoms with E-state index >= 15 is 0 Å². The van der Waals surface area contributed by atoms with Gasteiger partial charge in [-0.1, -0.05) is 12.2 Å². The van der Waals surface area contributed by atoms with Gasteiger partial charge in [0.05, 0.1) is 12.5 Å². The van der Waals surface area contributed by atoms with E-state index in [9.17, 15) is 4.79 Å². The van der Waals surface area contributed by atoms with Crippen molar-refractivity contribution in [2.24, 2.45) is 17.8 Å². The Morgan fingerprint density at radius 1 is 1.22 bits per heavy atom. The maximum atomic E-state index is 11.8. The van der Waals surface area contributed by atoms with Crippen LogP contribution in [0.3, 0.4) is 0 Å². The van der Waals surface area contributed by atoms with E-state index in [-0.39, 0.29) is 18.7 Å². The molecule has 0 aromatic heterocycles. The molecule has 0 radical (unpaired) electrons. The van der Waals surface area contributed by atoms with Crippen LogP contribution in [0.2, 0.25) is 0 Å². The average molecular weight is 254 g/mol. The quantitative estimate of drug-likeness (QED) is 0.288. The second-order valence-corrected chi connectivity index (χ2v) is 4.93. The first-order valence-electron chi connectivity index (χ1n) is 6.81. The zero-order valence-corrected chi connectivity index (χ0v) is 11.0. The van der Waals surface area contributed by atoms with E-state index in [1.807, 2.05) is 6.92 Å². The first kappa shape index (κ1) is 13.6. The van der Waals surface area contributed by atoms with Crippen molar-refractivity contribution in [2.45, 2.75) is 26.2 Å². The third-order valence-electron chi connectivity index (χ3n) is 3.65. The molecule has 0 spiro atoms. The summed E-state index contributed by atoms with van der Waals surface area (Å²) in [7, 11) is 0. The van der Waals surface area contributed by atoms with Crippen LogP contribution in [-0.4, -0.2) is 32.6 Å². The molecular formula is C14H22O4. The summed E-state index contributed by atoms with van der Waals surface area (Å²) in [5, 5.41) is 0. The maximum Gasteiger partial charge on any atom is 0.311 e. The SMILES string of the molecule is CCOCCCOCOC(=O)C1CC2C=CC1C2. The van der Waals surface area contributed by atoms with Gasteiger partial charge in [-0.3, -0.25) is 4.79 Å². The van der Waals surface area contributed by atoms with E-state index in [0.29, 0.717) is 25.0 Å². The Hall–Kier alpha value is -0.870. The third kappa shape index (κ3) is 3.56. The van der Waals surface area contributed by atoms with Gasteiger partial charge < -0.3 is 14.2 Å². The molecule has 0 heterocycles. The van der Waals surface area contributed by atoms with Crippen molar-refractivity contribution in [3.05, 3.63) is 12.2 Å². The Labute approximate surface area is 108 Å². The van der Waals surface area contributed by atoms with E-state index < -0.39 is 0 Å². The number of fused-ring (bicyclic) bond motifs is 2. The van der Waals surface area contributed by atoms with Gasteiger partial charge in [0.15, 0.2) is 6.79 Å². The summed E-state index contributed by atoms with van der Waals surface area (Å²) in [6.45, 7) is 4.03. The standard InChI is InChI=1S/C14H22O4/c1-2-16-6-3-7-17-10-18-14(15)13-9-11-4-5-12(13)8-11/h4-5,11-13H,2-3,6-10H2,1H3. The summed E-state index contributed by atoms with van der Waals surface area (Å²) in [6.07, 6.45) is 7.28. The molecule has 1 saturated carbocycles. The normalized spacial score (nSPS) is 28.8. The number of carbonyl (C=O) groups excluding carboxylic acids is 1. The summed E-state index contributed by atoms with van der Waals surface area (Å²) in [6, 6.07) is 0. The molecule has 2 aliphatic rings. The molecule has 1 fully saturated rings. The second-order valence-electron chi connectivity index (χ2n) is 4.93. The van der Waals surface area contributed by atoms with E-state index in [1.54, 1.807) is 0 Å². The van der Waals surface area contributed by atoms with Gasteiger partial charge in [-0.25, -0.2) is 0 Å². The van der Waals surface area contributed by atoms with Crippen LogP contribution in [0.5, 0.6) is 0 Å². The van der Waals surface area contributed by atoms with Crippen LogP contribution in [0, 0.1) is 17.8 Å². The molecule has 3 unspecified atom stereocenters. The molecule has 0 saturated heterocycles. The van der Waals surface area contributed by atoms with Crippen LogP contribution < -0.4 is 0 Å². The smallest absolute Gasteiger partial charge is 0.311 e. The van der Waals surface area contributed by atoms with Crippen molar-refractivity contribution in [3.63, 3.8) is 0 Å². The lowest BCUT2D eigenvalue weighted by Gasteiger charge is -2.16. The highest BCUT2D eigenvalue weighted by Gasteiger charge is 2.40. The zero-order valence-electron chi connectivity index (χ0n) is 11.0. The fourth-order valence-electron chi connectivity index (χ4n) is 2.72. The minimum Gasteiger partial charge on any atom is -0.438 e. The Morgan fingerprint density at radius 3 is 2.72 bits per heavy atom. The molecule has 3 atom stereocenters. The molecule has 18 heavy (non-hydrogen) atoms. The molecule has 0 amide bonds. The van der Waals surface area contributed by atoms with Gasteiger partial charge >= 0.3 is 5.97 Å². The number of carbonyl (C=O) groups is 1. The minimum atomic E-state index is -0.100. The number of rotatable bonds is 8. The Bertz CT molecular complexity index is 300. The molecule has 102 valence electrons. The van der Waals surface area contributed by atoms with E-state index in [1.165, 1.54) is 0 Å². The van der Waals surface area contributed by atoms with Crippen molar-refractivity contribution in [1.82, 2.24) is 0 Å². The largest absolute Gasteiger partial charge is 0.438 e. The zero-order chi connectivity index (χ0) is 12.8. The van der Waals surface area contributed by atoms with Gasteiger partial charge in [-0.05, 0) is 38.0 Å². The Morgan fingerprint density at radius 2 is 2.06 bits per heavy atom. The average Bonchev–Trinajstić information content (AvgIpc) is 2.99. The third-order valence-corrected chi connectivity index (χ3v) is 3.65. The van der Waals surface area contributed by atoms with Crippen LogP contribution in [0.4, 0.5) is 0 Å². The molecule has 0 aliphatic heterocycles. The second kappa shape index (κ2) is 6.90. The predicted octanol–water partition coefficient (Wildman–Crippen LogP) is 2.14. The summed E-state index contributed by atoms with van der Waals surface area (Å²) >= 11 is 0. The topological polar surface area (TPSA) is 44.8 Å². The van der Waals surface area contributed by atoms with Crippen molar-refractivity contribution >= 4 is 5.97 Å². The lowest BCUT2D eigenvalue weighted by atomic mass is 9.94. The predicted molar refractivity (Wildman–Crippen MR) is 66.9 cm³/mol. The highest BCUT2D eigenvalue weighted by molar-refractivity contribution is 5.74. The van der Waals surface area contributed by atoms with Crippen molar-refractivity contribution in [2.75, 3.05) is 26.6 Å². The molecule has 4 heteroatoms. The molecule has 0 aromatic carbocycles. The first-order valence-corrected chi connectivity index (χ1v) is 6.81. The fraction of sp³-hybridized carbons (Fsp3) is 0.786. The van der Waals surface area contributed by atoms with Gasteiger partial charge in [-0.15, -0.1) is 0 Å². The summed E-state index contributed by atoms with van der Waals surface area (Å²) in [4.78, 5) is 11.8. The van der Waals surface area contributed by atoms with Crippen molar-refractivity contribution in [1.29, 1.82) is 0 Å². The highest BCUT2D eigenvalue weighted by atomic mass is 16.7. The fourth-order valence-corrected chi connectivity index (χ4v) is 2.72. The van der Waals surface area contributed by atoms with Crippen LogP contribution >= 0.6 is 0 Å². The van der Waals surface area contributed by atoms with Gasteiger partial charge in [0.25, 0.3) is 0 Å². The summed E-state index contributed by atoms with van der Waals surface area (Å²) < 4.78 is 15.6. The molecular weight excluding hydrogens is 232 g/mol. The van der Waals surface area contributed by atoms with E-state index in [0.717, 1.165) is 25.9 Å². The summed E-state index contributed by atoms with van der Waals surface area (Å²) in [5.74, 6) is 0.962. The molecule has 2 aliphatic carbocycles. The Balaban J connectivity index is 1.52. The number of allylic oxidation sites excluding steroid dienone is 2. The molecule has 4 nitrogen and oxygen atoms in total. The van der Waals surface area contributed by atoms with Crippen molar-refractivity contribution in [3.8, 4) is 0 Å². The van der Waals surface area contributed by atoms with Crippen molar-refractivity contribution < 1.29 is 19.0 Å². The number of esters is 1. The minimum absolute atomic E-state index is 0.0621. The first-order chi connectivity index (χ1) is 8.81. The lowest BCUT2D eigenvalue weighted by Crippen LogP contribution is -2.22. The lowest BCUT2D eigenvalue weighted by molar-refractivity contribution is -0.162. The number of ether oxygens (including phenoxy) is 3.